The van der Waals surface area contributed by atoms with Gasteiger partial charge in [0.25, 0.3) is 0 Å². The quantitative estimate of drug-likeness (QED) is 0.459. The number of nitrogens with one attached hydrogen (secondary N) is 1. The van der Waals surface area contributed by atoms with Gasteiger partial charge in [-0.15, -0.1) is 0 Å². The van der Waals surface area contributed by atoms with Gasteiger partial charge in [-0.1, -0.05) is 0 Å². The molecule has 0 aliphatic carbocycles. The van der Waals surface area contributed by atoms with Crippen LogP contribution in [0.3, 0.4) is 0 Å². The zero-order valence-electron chi connectivity index (χ0n) is 11.2. The van der Waals surface area contributed by atoms with Crippen LogP contribution in [0.25, 0.3) is 0 Å². The summed E-state index contributed by atoms with van der Waals surface area (Å²) in [6.45, 7) is 8.79. The number of rotatable bonds is 14. The molecule has 1 N–H and O–H groups in total. The molecule has 0 fully saturated rings. The molecule has 0 saturated carbocycles. The van der Waals surface area contributed by atoms with Crippen molar-refractivity contribution in [3.8, 4) is 0 Å². The molecule has 0 unspecified atom stereocenters. The van der Waals surface area contributed by atoms with Gasteiger partial charge in [0, 0.05) is 40.0 Å². The largest absolute Gasteiger partial charge is 0.385 e. The molecule has 17 heavy (non-hydrogen) atoms. The average molecular weight is 249 g/mol. The fourth-order valence-corrected chi connectivity index (χ4v) is 1.19. The van der Waals surface area contributed by atoms with E-state index in [9.17, 15) is 0 Å². The van der Waals surface area contributed by atoms with Crippen molar-refractivity contribution < 1.29 is 18.9 Å². The molecule has 0 spiro atoms. The second kappa shape index (κ2) is 15.8. The van der Waals surface area contributed by atoms with Crippen LogP contribution in [0.1, 0.15) is 13.3 Å². The predicted molar refractivity (Wildman–Crippen MR) is 67.5 cm³/mol. The van der Waals surface area contributed by atoms with Crippen LogP contribution in [-0.4, -0.2) is 66.4 Å². The van der Waals surface area contributed by atoms with E-state index in [1.807, 2.05) is 6.92 Å². The Hall–Kier alpha value is -0.200. The summed E-state index contributed by atoms with van der Waals surface area (Å²) in [5.74, 6) is 0. The van der Waals surface area contributed by atoms with E-state index in [0.29, 0.717) is 19.8 Å². The summed E-state index contributed by atoms with van der Waals surface area (Å²) in [5, 5.41) is 3.23. The zero-order chi connectivity index (χ0) is 12.6. The lowest BCUT2D eigenvalue weighted by Gasteiger charge is -2.07. The van der Waals surface area contributed by atoms with Gasteiger partial charge in [0.2, 0.25) is 0 Å². The lowest BCUT2D eigenvalue weighted by molar-refractivity contribution is 0.0404. The predicted octanol–water partition coefficient (Wildman–Crippen LogP) is 0.682. The minimum Gasteiger partial charge on any atom is -0.385 e. The van der Waals surface area contributed by atoms with Crippen molar-refractivity contribution in [2.45, 2.75) is 13.3 Å². The lowest BCUT2D eigenvalue weighted by Crippen LogP contribution is -2.24. The molecule has 0 aliphatic rings. The van der Waals surface area contributed by atoms with Crippen LogP contribution in [0, 0.1) is 0 Å². The third-order valence-electron chi connectivity index (χ3n) is 2.06. The Labute approximate surface area is 105 Å². The Morgan fingerprint density at radius 2 is 1.41 bits per heavy atom. The van der Waals surface area contributed by atoms with Crippen molar-refractivity contribution in [2.75, 3.05) is 66.4 Å². The summed E-state index contributed by atoms with van der Waals surface area (Å²) in [5.41, 5.74) is 0. The van der Waals surface area contributed by atoms with Gasteiger partial charge < -0.3 is 24.3 Å². The lowest BCUT2D eigenvalue weighted by atomic mass is 10.5. The Kier molecular flexibility index (Phi) is 15.6. The summed E-state index contributed by atoms with van der Waals surface area (Å²) in [7, 11) is 1.70. The fourth-order valence-electron chi connectivity index (χ4n) is 1.19. The molecule has 0 bridgehead atoms. The molecule has 0 saturated heterocycles. The van der Waals surface area contributed by atoms with E-state index in [1.165, 1.54) is 0 Å². The maximum Gasteiger partial charge on any atom is 0.0701 e. The van der Waals surface area contributed by atoms with E-state index in [0.717, 1.165) is 45.9 Å². The first-order valence-corrected chi connectivity index (χ1v) is 6.34. The van der Waals surface area contributed by atoms with Crippen LogP contribution < -0.4 is 5.32 Å². The van der Waals surface area contributed by atoms with E-state index in [4.69, 9.17) is 18.9 Å². The highest BCUT2D eigenvalue weighted by molar-refractivity contribution is 4.44. The molecule has 104 valence electrons. The van der Waals surface area contributed by atoms with Crippen molar-refractivity contribution in [1.29, 1.82) is 0 Å². The first kappa shape index (κ1) is 16.8. The van der Waals surface area contributed by atoms with Gasteiger partial charge in [-0.25, -0.2) is 0 Å². The molecule has 0 aromatic rings. The van der Waals surface area contributed by atoms with Crippen molar-refractivity contribution in [3.05, 3.63) is 0 Å². The highest BCUT2D eigenvalue weighted by Crippen LogP contribution is 1.84. The fraction of sp³-hybridized carbons (Fsp3) is 1.00. The smallest absolute Gasteiger partial charge is 0.0701 e. The topological polar surface area (TPSA) is 49.0 Å². The van der Waals surface area contributed by atoms with Gasteiger partial charge in [0.1, 0.15) is 0 Å². The van der Waals surface area contributed by atoms with Crippen molar-refractivity contribution in [1.82, 2.24) is 5.32 Å². The Morgan fingerprint density at radius 1 is 0.765 bits per heavy atom. The summed E-state index contributed by atoms with van der Waals surface area (Å²) < 4.78 is 20.8. The molecule has 5 heteroatoms. The summed E-state index contributed by atoms with van der Waals surface area (Å²) >= 11 is 0. The van der Waals surface area contributed by atoms with Gasteiger partial charge in [-0.3, -0.25) is 0 Å². The van der Waals surface area contributed by atoms with E-state index < -0.39 is 0 Å². The number of hydrogen-bond donors (Lipinski definition) is 1. The second-order valence-corrected chi connectivity index (χ2v) is 3.52. The Morgan fingerprint density at radius 3 is 2.06 bits per heavy atom. The monoisotopic (exact) mass is 249 g/mol. The number of ether oxygens (including phenoxy) is 4. The molecule has 0 atom stereocenters. The van der Waals surface area contributed by atoms with Crippen LogP contribution in [0.2, 0.25) is 0 Å². The molecule has 5 nitrogen and oxygen atoms in total. The van der Waals surface area contributed by atoms with Crippen LogP contribution in [-0.2, 0) is 18.9 Å². The first-order valence-electron chi connectivity index (χ1n) is 6.34. The number of methoxy groups -OCH3 is 1. The Balaban J connectivity index is 2.85. The maximum absolute atomic E-state index is 5.39. The molecule has 0 radical (unpaired) electrons. The normalized spacial score (nSPS) is 10.9. The van der Waals surface area contributed by atoms with Crippen molar-refractivity contribution >= 4 is 0 Å². The zero-order valence-corrected chi connectivity index (χ0v) is 11.2. The highest BCUT2D eigenvalue weighted by Gasteiger charge is 1.91. The molecule has 0 rings (SSSR count). The molecule has 0 amide bonds. The van der Waals surface area contributed by atoms with Gasteiger partial charge in [0.15, 0.2) is 0 Å². The van der Waals surface area contributed by atoms with E-state index in [2.05, 4.69) is 5.32 Å². The van der Waals surface area contributed by atoms with E-state index in [1.54, 1.807) is 7.11 Å². The van der Waals surface area contributed by atoms with Gasteiger partial charge in [-0.05, 0) is 13.3 Å². The highest BCUT2D eigenvalue weighted by atomic mass is 16.5. The van der Waals surface area contributed by atoms with Crippen molar-refractivity contribution in [2.24, 2.45) is 0 Å². The first-order chi connectivity index (χ1) is 8.41. The minimum absolute atomic E-state index is 0.653. The molecule has 0 aliphatic heterocycles. The van der Waals surface area contributed by atoms with E-state index in [-0.39, 0.29) is 0 Å². The van der Waals surface area contributed by atoms with Gasteiger partial charge in [0.05, 0.1) is 26.4 Å². The van der Waals surface area contributed by atoms with Crippen LogP contribution in [0.5, 0.6) is 0 Å². The minimum atomic E-state index is 0.653. The Bertz CT molecular complexity index is 122. The standard InChI is InChI=1S/C12H27NO4/c1-3-15-9-5-13-6-10-17-12-11-16-8-4-7-14-2/h13H,3-12H2,1-2H3. The average Bonchev–Trinajstić information content (AvgIpc) is 2.35. The molecular formula is C12H27NO4. The molecule has 0 aromatic carbocycles. The van der Waals surface area contributed by atoms with Crippen LogP contribution in [0.4, 0.5) is 0 Å². The molecule has 0 heterocycles. The van der Waals surface area contributed by atoms with Crippen LogP contribution in [0.15, 0.2) is 0 Å². The SMILES string of the molecule is CCOCCNCCOCCOCCCOC. The maximum atomic E-state index is 5.39. The molecular weight excluding hydrogens is 222 g/mol. The van der Waals surface area contributed by atoms with Crippen LogP contribution >= 0.6 is 0 Å². The summed E-state index contributed by atoms with van der Waals surface area (Å²) in [6.07, 6.45) is 0.940. The molecule has 0 aromatic heterocycles. The number of hydrogen-bond acceptors (Lipinski definition) is 5. The van der Waals surface area contributed by atoms with E-state index >= 15 is 0 Å². The third-order valence-corrected chi connectivity index (χ3v) is 2.06. The van der Waals surface area contributed by atoms with Gasteiger partial charge >= 0.3 is 0 Å². The van der Waals surface area contributed by atoms with Crippen molar-refractivity contribution in [3.63, 3.8) is 0 Å². The third kappa shape index (κ3) is 15.8. The second-order valence-electron chi connectivity index (χ2n) is 3.52. The summed E-state index contributed by atoms with van der Waals surface area (Å²) in [4.78, 5) is 0. The summed E-state index contributed by atoms with van der Waals surface area (Å²) in [6, 6.07) is 0. The van der Waals surface area contributed by atoms with Gasteiger partial charge in [-0.2, -0.15) is 0 Å².